The standard InChI is InChI=1S/C10H10BrFN4O/c1-13-5-9-15-16-10(17-9)14-6-2-3-7(11)8(12)4-6/h2-4,13H,5H2,1H3,(H,14,16). The molecule has 0 aliphatic carbocycles. The Morgan fingerprint density at radius 1 is 1.41 bits per heavy atom. The minimum absolute atomic E-state index is 0.233. The molecule has 1 aromatic heterocycles. The van der Waals surface area contributed by atoms with Crippen LogP contribution in [0.4, 0.5) is 16.1 Å². The van der Waals surface area contributed by atoms with Gasteiger partial charge in [-0.05, 0) is 41.2 Å². The maximum absolute atomic E-state index is 13.2. The number of nitrogens with one attached hydrogen (secondary N) is 2. The number of anilines is 2. The van der Waals surface area contributed by atoms with Crippen LogP contribution in [0.25, 0.3) is 0 Å². The van der Waals surface area contributed by atoms with Gasteiger partial charge in [-0.1, -0.05) is 5.10 Å². The first-order valence-electron chi connectivity index (χ1n) is 4.88. The fourth-order valence-electron chi connectivity index (χ4n) is 1.22. The second-order valence-corrected chi connectivity index (χ2v) is 4.14. The fraction of sp³-hybridized carbons (Fsp3) is 0.200. The van der Waals surface area contributed by atoms with Crippen LogP contribution in [0.3, 0.4) is 0 Å². The fourth-order valence-corrected chi connectivity index (χ4v) is 1.47. The van der Waals surface area contributed by atoms with Crippen LogP contribution in [0.15, 0.2) is 27.1 Å². The highest BCUT2D eigenvalue weighted by molar-refractivity contribution is 9.10. The summed E-state index contributed by atoms with van der Waals surface area (Å²) in [5.41, 5.74) is 0.547. The molecule has 7 heteroatoms. The van der Waals surface area contributed by atoms with Gasteiger partial charge in [0.25, 0.3) is 0 Å². The van der Waals surface area contributed by atoms with Crippen LogP contribution in [0.5, 0.6) is 0 Å². The van der Waals surface area contributed by atoms with Gasteiger partial charge in [0.15, 0.2) is 0 Å². The highest BCUT2D eigenvalue weighted by Crippen LogP contribution is 2.21. The van der Waals surface area contributed by atoms with Crippen molar-refractivity contribution in [3.63, 3.8) is 0 Å². The van der Waals surface area contributed by atoms with E-state index < -0.39 is 0 Å². The molecule has 2 N–H and O–H groups in total. The van der Waals surface area contributed by atoms with E-state index in [1.165, 1.54) is 6.07 Å². The Bertz CT molecular complexity index is 517. The summed E-state index contributed by atoms with van der Waals surface area (Å²) in [6.45, 7) is 0.489. The summed E-state index contributed by atoms with van der Waals surface area (Å²) in [6, 6.07) is 4.88. The summed E-state index contributed by atoms with van der Waals surface area (Å²) in [6.07, 6.45) is 0. The topological polar surface area (TPSA) is 63.0 Å². The molecule has 0 amide bonds. The lowest BCUT2D eigenvalue weighted by atomic mass is 10.3. The second kappa shape index (κ2) is 5.24. The third-order valence-corrected chi connectivity index (χ3v) is 2.61. The predicted molar refractivity (Wildman–Crippen MR) is 64.4 cm³/mol. The Hall–Kier alpha value is -1.47. The van der Waals surface area contributed by atoms with Gasteiger partial charge < -0.3 is 15.1 Å². The van der Waals surface area contributed by atoms with Gasteiger partial charge >= 0.3 is 6.01 Å². The summed E-state index contributed by atoms with van der Waals surface area (Å²) in [5, 5.41) is 13.3. The van der Waals surface area contributed by atoms with Crippen molar-refractivity contribution < 1.29 is 8.81 Å². The molecule has 1 heterocycles. The molecule has 0 bridgehead atoms. The minimum Gasteiger partial charge on any atom is -0.406 e. The molecule has 0 aliphatic rings. The lowest BCUT2D eigenvalue weighted by Crippen LogP contribution is -2.04. The van der Waals surface area contributed by atoms with E-state index in [0.717, 1.165) is 0 Å². The monoisotopic (exact) mass is 300 g/mol. The minimum atomic E-state index is -0.357. The molecule has 0 fully saturated rings. The van der Waals surface area contributed by atoms with Crippen molar-refractivity contribution in [1.29, 1.82) is 0 Å². The third kappa shape index (κ3) is 3.01. The van der Waals surface area contributed by atoms with Crippen LogP contribution in [0.2, 0.25) is 0 Å². The molecule has 0 radical (unpaired) electrons. The lowest BCUT2D eigenvalue weighted by molar-refractivity contribution is 0.493. The van der Waals surface area contributed by atoms with Gasteiger partial charge in [0.2, 0.25) is 5.89 Å². The predicted octanol–water partition coefficient (Wildman–Crippen LogP) is 2.43. The summed E-state index contributed by atoms with van der Waals surface area (Å²) >= 11 is 3.08. The first-order chi connectivity index (χ1) is 8.19. The number of benzene rings is 1. The molecule has 0 unspecified atom stereocenters. The highest BCUT2D eigenvalue weighted by atomic mass is 79.9. The van der Waals surface area contributed by atoms with Crippen LogP contribution in [-0.4, -0.2) is 17.2 Å². The van der Waals surface area contributed by atoms with Gasteiger partial charge in [0.1, 0.15) is 5.82 Å². The molecule has 90 valence electrons. The molecule has 5 nitrogen and oxygen atoms in total. The average molecular weight is 301 g/mol. The van der Waals surface area contributed by atoms with Crippen molar-refractivity contribution in [3.8, 4) is 0 Å². The van der Waals surface area contributed by atoms with Gasteiger partial charge in [-0.3, -0.25) is 0 Å². The Morgan fingerprint density at radius 2 is 2.24 bits per heavy atom. The quantitative estimate of drug-likeness (QED) is 0.908. The highest BCUT2D eigenvalue weighted by Gasteiger charge is 2.06. The van der Waals surface area contributed by atoms with Gasteiger partial charge in [-0.25, -0.2) is 4.39 Å². The summed E-state index contributed by atoms with van der Waals surface area (Å²) in [7, 11) is 1.78. The van der Waals surface area contributed by atoms with Gasteiger partial charge in [-0.2, -0.15) is 0 Å². The molecule has 0 spiro atoms. The van der Waals surface area contributed by atoms with E-state index in [2.05, 4.69) is 36.8 Å². The number of rotatable bonds is 4. The largest absolute Gasteiger partial charge is 0.406 e. The number of hydrogen-bond acceptors (Lipinski definition) is 5. The van der Waals surface area contributed by atoms with Crippen molar-refractivity contribution in [1.82, 2.24) is 15.5 Å². The van der Waals surface area contributed by atoms with Crippen molar-refractivity contribution in [3.05, 3.63) is 34.4 Å². The van der Waals surface area contributed by atoms with E-state index in [0.29, 0.717) is 22.6 Å². The normalized spacial score (nSPS) is 10.5. The molecule has 2 rings (SSSR count). The molecule has 0 saturated heterocycles. The zero-order chi connectivity index (χ0) is 12.3. The number of halogens is 2. The van der Waals surface area contributed by atoms with Crippen LogP contribution in [-0.2, 0) is 6.54 Å². The average Bonchev–Trinajstić information content (AvgIpc) is 2.72. The van der Waals surface area contributed by atoms with Crippen LogP contribution in [0, 0.1) is 5.82 Å². The Morgan fingerprint density at radius 3 is 2.94 bits per heavy atom. The Balaban J connectivity index is 2.11. The van der Waals surface area contributed by atoms with Crippen LogP contribution in [0.1, 0.15) is 5.89 Å². The molecule has 0 atom stereocenters. The first-order valence-corrected chi connectivity index (χ1v) is 5.67. The maximum atomic E-state index is 13.2. The first kappa shape index (κ1) is 12.0. The zero-order valence-corrected chi connectivity index (χ0v) is 10.6. The molecular formula is C10H10BrFN4O. The van der Waals surface area contributed by atoms with Crippen molar-refractivity contribution in [2.45, 2.75) is 6.54 Å². The van der Waals surface area contributed by atoms with Crippen molar-refractivity contribution in [2.75, 3.05) is 12.4 Å². The summed E-state index contributed by atoms with van der Waals surface area (Å²) in [4.78, 5) is 0. The number of hydrogen-bond donors (Lipinski definition) is 2. The zero-order valence-electron chi connectivity index (χ0n) is 9.00. The molecule has 1 aromatic carbocycles. The van der Waals surface area contributed by atoms with E-state index >= 15 is 0 Å². The van der Waals surface area contributed by atoms with Gasteiger partial charge in [-0.15, -0.1) is 5.10 Å². The lowest BCUT2D eigenvalue weighted by Gasteiger charge is -2.01. The van der Waals surface area contributed by atoms with Gasteiger partial charge in [0, 0.05) is 5.69 Å². The molecular weight excluding hydrogens is 291 g/mol. The van der Waals surface area contributed by atoms with Crippen molar-refractivity contribution in [2.24, 2.45) is 0 Å². The third-order valence-electron chi connectivity index (χ3n) is 1.97. The molecule has 0 aliphatic heterocycles. The smallest absolute Gasteiger partial charge is 0.320 e. The molecule has 2 aromatic rings. The van der Waals surface area contributed by atoms with E-state index in [4.69, 9.17) is 4.42 Å². The Kier molecular flexibility index (Phi) is 3.70. The van der Waals surface area contributed by atoms with Crippen molar-refractivity contribution >= 4 is 27.6 Å². The summed E-state index contributed by atoms with van der Waals surface area (Å²) < 4.78 is 18.9. The SMILES string of the molecule is CNCc1nnc(Nc2ccc(Br)c(F)c2)o1. The summed E-state index contributed by atoms with van der Waals surface area (Å²) in [5.74, 6) is 0.109. The van der Waals surface area contributed by atoms with E-state index in [-0.39, 0.29) is 11.8 Å². The number of nitrogens with zero attached hydrogens (tertiary/aromatic N) is 2. The van der Waals surface area contributed by atoms with Gasteiger partial charge in [0.05, 0.1) is 11.0 Å². The van der Waals surface area contributed by atoms with E-state index in [9.17, 15) is 4.39 Å². The maximum Gasteiger partial charge on any atom is 0.320 e. The van der Waals surface area contributed by atoms with Crippen LogP contribution >= 0.6 is 15.9 Å². The second-order valence-electron chi connectivity index (χ2n) is 3.29. The van der Waals surface area contributed by atoms with Crippen LogP contribution < -0.4 is 10.6 Å². The molecule has 17 heavy (non-hydrogen) atoms. The Labute approximate surface area is 106 Å². The number of aromatic nitrogens is 2. The van der Waals surface area contributed by atoms with E-state index in [1.807, 2.05) is 0 Å². The van der Waals surface area contributed by atoms with E-state index in [1.54, 1.807) is 19.2 Å². The molecule has 0 saturated carbocycles.